The first-order chi connectivity index (χ1) is 13.9. The molecule has 0 N–H and O–H groups in total. The lowest BCUT2D eigenvalue weighted by atomic mass is 10.1. The summed E-state index contributed by atoms with van der Waals surface area (Å²) in [6.45, 7) is 1.93. The molecule has 0 radical (unpaired) electrons. The molecule has 0 saturated carbocycles. The van der Waals surface area contributed by atoms with Crippen molar-refractivity contribution in [2.24, 2.45) is 0 Å². The molecule has 0 aromatic heterocycles. The van der Waals surface area contributed by atoms with E-state index in [1.807, 2.05) is 12.3 Å². The molecule has 2 rings (SSSR count). The number of anilines is 2. The SMILES string of the molecule is CCOC(=O)c1cc(SC)ccc1N(C)C(=O)CC(=O)N(OC)c1ccccc1. The van der Waals surface area contributed by atoms with Crippen molar-refractivity contribution in [3.63, 3.8) is 0 Å². The Morgan fingerprint density at radius 2 is 1.72 bits per heavy atom. The first kappa shape index (κ1) is 22.4. The van der Waals surface area contributed by atoms with Gasteiger partial charge in [0.05, 0.1) is 30.7 Å². The van der Waals surface area contributed by atoms with Gasteiger partial charge in [-0.15, -0.1) is 11.8 Å². The molecule has 0 heterocycles. The molecule has 0 fully saturated rings. The smallest absolute Gasteiger partial charge is 0.340 e. The predicted molar refractivity (Wildman–Crippen MR) is 113 cm³/mol. The van der Waals surface area contributed by atoms with E-state index in [9.17, 15) is 14.4 Å². The van der Waals surface area contributed by atoms with Crippen molar-refractivity contribution < 1.29 is 24.0 Å². The maximum absolute atomic E-state index is 12.8. The fraction of sp³-hybridized carbons (Fsp3) is 0.286. The highest BCUT2D eigenvalue weighted by Crippen LogP contribution is 2.27. The molecular formula is C21H24N2O5S. The summed E-state index contributed by atoms with van der Waals surface area (Å²) in [6, 6.07) is 13.9. The second-order valence-corrected chi connectivity index (χ2v) is 6.82. The summed E-state index contributed by atoms with van der Waals surface area (Å²) in [7, 11) is 2.88. The third-order valence-corrected chi connectivity index (χ3v) is 4.86. The third-order valence-electron chi connectivity index (χ3n) is 4.14. The van der Waals surface area contributed by atoms with Crippen LogP contribution in [-0.2, 0) is 19.2 Å². The largest absolute Gasteiger partial charge is 0.462 e. The molecule has 0 bridgehead atoms. The van der Waals surface area contributed by atoms with Gasteiger partial charge in [-0.2, -0.15) is 5.06 Å². The lowest BCUT2D eigenvalue weighted by molar-refractivity contribution is -0.130. The van der Waals surface area contributed by atoms with Gasteiger partial charge in [0.15, 0.2) is 0 Å². The second-order valence-electron chi connectivity index (χ2n) is 5.94. The fourth-order valence-corrected chi connectivity index (χ4v) is 3.12. The van der Waals surface area contributed by atoms with Crippen molar-refractivity contribution in [1.29, 1.82) is 0 Å². The minimum Gasteiger partial charge on any atom is -0.462 e. The molecule has 0 atom stereocenters. The van der Waals surface area contributed by atoms with E-state index in [0.717, 1.165) is 9.96 Å². The highest BCUT2D eigenvalue weighted by molar-refractivity contribution is 7.98. The average Bonchev–Trinajstić information content (AvgIpc) is 2.74. The predicted octanol–water partition coefficient (Wildman–Crippen LogP) is 3.53. The molecule has 0 spiro atoms. The molecule has 0 aliphatic carbocycles. The number of nitrogens with zero attached hydrogens (tertiary/aromatic N) is 2. The first-order valence-electron chi connectivity index (χ1n) is 8.96. The molecule has 7 nitrogen and oxygen atoms in total. The normalized spacial score (nSPS) is 10.3. The number of thioether (sulfide) groups is 1. The Hall–Kier alpha value is -2.84. The van der Waals surface area contributed by atoms with Gasteiger partial charge in [-0.3, -0.25) is 14.4 Å². The molecule has 154 valence electrons. The molecule has 0 saturated heterocycles. The summed E-state index contributed by atoms with van der Waals surface area (Å²) in [4.78, 5) is 45.0. The summed E-state index contributed by atoms with van der Waals surface area (Å²) in [6.07, 6.45) is 1.46. The van der Waals surface area contributed by atoms with E-state index in [4.69, 9.17) is 9.57 Å². The van der Waals surface area contributed by atoms with Gasteiger partial charge in [0, 0.05) is 11.9 Å². The number of esters is 1. The average molecular weight is 416 g/mol. The first-order valence-corrected chi connectivity index (χ1v) is 10.2. The van der Waals surface area contributed by atoms with Crippen LogP contribution in [0.3, 0.4) is 0 Å². The molecular weight excluding hydrogens is 392 g/mol. The van der Waals surface area contributed by atoms with Crippen LogP contribution in [0.15, 0.2) is 53.4 Å². The molecule has 2 aromatic rings. The van der Waals surface area contributed by atoms with Gasteiger partial charge in [-0.1, -0.05) is 18.2 Å². The summed E-state index contributed by atoms with van der Waals surface area (Å²) < 4.78 is 5.11. The number of rotatable bonds is 8. The number of amides is 2. The Morgan fingerprint density at radius 3 is 2.31 bits per heavy atom. The summed E-state index contributed by atoms with van der Waals surface area (Å²) >= 11 is 1.47. The molecule has 29 heavy (non-hydrogen) atoms. The monoisotopic (exact) mass is 416 g/mol. The van der Waals surface area contributed by atoms with Crippen molar-refractivity contribution in [2.45, 2.75) is 18.2 Å². The minimum atomic E-state index is -0.521. The van der Waals surface area contributed by atoms with Gasteiger partial charge in [0.1, 0.15) is 6.42 Å². The molecule has 8 heteroatoms. The van der Waals surface area contributed by atoms with E-state index in [1.54, 1.807) is 49.4 Å². The number of para-hydroxylation sites is 1. The maximum Gasteiger partial charge on any atom is 0.340 e. The van der Waals surface area contributed by atoms with Crippen molar-refractivity contribution in [1.82, 2.24) is 0 Å². The highest BCUT2D eigenvalue weighted by Gasteiger charge is 2.25. The van der Waals surface area contributed by atoms with Gasteiger partial charge in [0.25, 0.3) is 5.91 Å². The van der Waals surface area contributed by atoms with Gasteiger partial charge in [-0.05, 0) is 43.5 Å². The fourth-order valence-electron chi connectivity index (χ4n) is 2.68. The van der Waals surface area contributed by atoms with Crippen molar-refractivity contribution >= 4 is 40.9 Å². The number of carbonyl (C=O) groups excluding carboxylic acids is 3. The van der Waals surface area contributed by atoms with E-state index >= 15 is 0 Å². The quantitative estimate of drug-likeness (QED) is 0.284. The van der Waals surface area contributed by atoms with Gasteiger partial charge >= 0.3 is 5.97 Å². The number of hydrogen-bond donors (Lipinski definition) is 0. The zero-order valence-corrected chi connectivity index (χ0v) is 17.7. The highest BCUT2D eigenvalue weighted by atomic mass is 32.2. The van der Waals surface area contributed by atoms with Crippen LogP contribution in [0.5, 0.6) is 0 Å². The van der Waals surface area contributed by atoms with E-state index < -0.39 is 24.2 Å². The lowest BCUT2D eigenvalue weighted by Gasteiger charge is -2.23. The number of ether oxygens (including phenoxy) is 1. The van der Waals surface area contributed by atoms with Crippen LogP contribution in [0.1, 0.15) is 23.7 Å². The minimum absolute atomic E-state index is 0.220. The summed E-state index contributed by atoms with van der Waals surface area (Å²) in [5, 5.41) is 1.06. The topological polar surface area (TPSA) is 76.2 Å². The van der Waals surface area contributed by atoms with Crippen molar-refractivity contribution in [3.05, 3.63) is 54.1 Å². The Balaban J connectivity index is 2.23. The molecule has 2 aromatic carbocycles. The standard InChI is InChI=1S/C21H24N2O5S/c1-5-28-21(26)17-13-16(29-4)11-12-18(17)22(2)19(24)14-20(25)23(27-3)15-9-7-6-8-10-15/h6-13H,5,14H2,1-4H3. The van der Waals surface area contributed by atoms with E-state index in [2.05, 4.69) is 0 Å². The van der Waals surface area contributed by atoms with Crippen LogP contribution in [-0.4, -0.2) is 44.8 Å². The zero-order chi connectivity index (χ0) is 21.4. The Bertz CT molecular complexity index is 873. The van der Waals surface area contributed by atoms with Gasteiger partial charge in [0.2, 0.25) is 5.91 Å². The van der Waals surface area contributed by atoms with E-state index in [-0.39, 0.29) is 12.2 Å². The zero-order valence-electron chi connectivity index (χ0n) is 16.9. The number of carbonyl (C=O) groups is 3. The van der Waals surface area contributed by atoms with Crippen molar-refractivity contribution in [2.75, 3.05) is 37.0 Å². The molecule has 0 aliphatic heterocycles. The van der Waals surface area contributed by atoms with Crippen LogP contribution in [0.4, 0.5) is 11.4 Å². The van der Waals surface area contributed by atoms with Crippen LogP contribution in [0.25, 0.3) is 0 Å². The Morgan fingerprint density at radius 1 is 1.03 bits per heavy atom. The van der Waals surface area contributed by atoms with E-state index in [1.165, 1.54) is 30.8 Å². The number of hydrogen-bond acceptors (Lipinski definition) is 6. The van der Waals surface area contributed by atoms with Gasteiger partial charge < -0.3 is 9.64 Å². The van der Waals surface area contributed by atoms with Crippen LogP contribution < -0.4 is 9.96 Å². The van der Waals surface area contributed by atoms with Crippen LogP contribution in [0, 0.1) is 0 Å². The third kappa shape index (κ3) is 5.58. The molecule has 0 aliphatic rings. The Kier molecular flexibility index (Phi) is 8.23. The summed E-state index contributed by atoms with van der Waals surface area (Å²) in [5.74, 6) is -1.52. The molecule has 0 unspecified atom stereocenters. The number of hydroxylamine groups is 1. The Labute approximate surface area is 174 Å². The summed E-state index contributed by atoms with van der Waals surface area (Å²) in [5.41, 5.74) is 1.17. The second kappa shape index (κ2) is 10.6. The van der Waals surface area contributed by atoms with Crippen LogP contribution in [0.2, 0.25) is 0 Å². The number of benzene rings is 2. The van der Waals surface area contributed by atoms with E-state index in [0.29, 0.717) is 11.4 Å². The molecule has 2 amide bonds. The lowest BCUT2D eigenvalue weighted by Crippen LogP contribution is -2.36. The van der Waals surface area contributed by atoms with Gasteiger partial charge in [-0.25, -0.2) is 4.79 Å². The van der Waals surface area contributed by atoms with Crippen molar-refractivity contribution in [3.8, 4) is 0 Å². The maximum atomic E-state index is 12.8. The van der Waals surface area contributed by atoms with Crippen LogP contribution >= 0.6 is 11.8 Å².